The Morgan fingerprint density at radius 1 is 1.00 bits per heavy atom. The molecule has 0 aromatic rings. The number of amides is 1. The molecule has 2 saturated heterocycles. The van der Waals surface area contributed by atoms with E-state index in [4.69, 9.17) is 0 Å². The van der Waals surface area contributed by atoms with Gasteiger partial charge in [0.2, 0.25) is 5.91 Å². The number of hydrogen-bond acceptors (Lipinski definition) is 3. The van der Waals surface area contributed by atoms with Crippen LogP contribution in [-0.2, 0) is 4.79 Å². The second-order valence-corrected chi connectivity index (χ2v) is 7.83. The molecular weight excluding hydrogens is 274 g/mol. The van der Waals surface area contributed by atoms with Crippen molar-refractivity contribution >= 4 is 5.91 Å². The average Bonchev–Trinajstić information content (AvgIpc) is 3.30. The van der Waals surface area contributed by atoms with Crippen molar-refractivity contribution in [3.63, 3.8) is 0 Å². The van der Waals surface area contributed by atoms with Crippen molar-refractivity contribution in [1.82, 2.24) is 15.1 Å². The average molecular weight is 307 g/mol. The van der Waals surface area contributed by atoms with Gasteiger partial charge in [0, 0.05) is 31.2 Å². The summed E-state index contributed by atoms with van der Waals surface area (Å²) < 4.78 is 0. The predicted octanol–water partition coefficient (Wildman–Crippen LogP) is 2.24. The first-order valence-corrected chi connectivity index (χ1v) is 9.40. The zero-order valence-corrected chi connectivity index (χ0v) is 14.4. The van der Waals surface area contributed by atoms with Crippen LogP contribution < -0.4 is 5.32 Å². The van der Waals surface area contributed by atoms with Crippen LogP contribution in [0.25, 0.3) is 0 Å². The molecule has 1 aliphatic carbocycles. The van der Waals surface area contributed by atoms with Crippen LogP contribution in [0, 0.1) is 5.92 Å². The maximum absolute atomic E-state index is 12.7. The van der Waals surface area contributed by atoms with Crippen molar-refractivity contribution in [1.29, 1.82) is 0 Å². The minimum Gasteiger partial charge on any atom is -0.336 e. The topological polar surface area (TPSA) is 35.6 Å². The van der Waals surface area contributed by atoms with E-state index in [-0.39, 0.29) is 0 Å². The van der Waals surface area contributed by atoms with E-state index >= 15 is 0 Å². The Morgan fingerprint density at radius 2 is 1.64 bits per heavy atom. The van der Waals surface area contributed by atoms with E-state index in [0.29, 0.717) is 30.6 Å². The third kappa shape index (κ3) is 4.23. The second kappa shape index (κ2) is 7.31. The van der Waals surface area contributed by atoms with E-state index in [9.17, 15) is 4.79 Å². The van der Waals surface area contributed by atoms with E-state index in [1.54, 1.807) is 0 Å². The molecule has 0 aromatic heterocycles. The maximum Gasteiger partial charge on any atom is 0.237 e. The van der Waals surface area contributed by atoms with Crippen molar-refractivity contribution in [2.75, 3.05) is 26.2 Å². The number of likely N-dealkylation sites (tertiary alicyclic amines) is 2. The first kappa shape index (κ1) is 16.3. The molecule has 126 valence electrons. The van der Waals surface area contributed by atoms with Crippen molar-refractivity contribution in [2.45, 2.75) is 76.9 Å². The Morgan fingerprint density at radius 3 is 2.23 bits per heavy atom. The molecule has 0 bridgehead atoms. The molecule has 0 aromatic carbocycles. The van der Waals surface area contributed by atoms with Gasteiger partial charge in [0.1, 0.15) is 0 Å². The monoisotopic (exact) mass is 307 g/mol. The highest BCUT2D eigenvalue weighted by atomic mass is 16.2. The number of hydrogen-bond donors (Lipinski definition) is 1. The smallest absolute Gasteiger partial charge is 0.237 e. The Hall–Kier alpha value is -0.610. The zero-order chi connectivity index (χ0) is 15.5. The Labute approximate surface area is 135 Å². The first-order chi connectivity index (χ1) is 10.6. The SMILES string of the molecule is CC1CCCC(C)N1C(=O)CN1CCC(NCC2CC2)CC1. The van der Waals surface area contributed by atoms with Crippen LogP contribution in [0.15, 0.2) is 0 Å². The molecule has 3 fully saturated rings. The van der Waals surface area contributed by atoms with E-state index < -0.39 is 0 Å². The molecule has 3 aliphatic rings. The van der Waals surface area contributed by atoms with E-state index in [0.717, 1.165) is 19.0 Å². The lowest BCUT2D eigenvalue weighted by molar-refractivity contribution is -0.138. The van der Waals surface area contributed by atoms with Crippen LogP contribution in [0.1, 0.15) is 58.8 Å². The fourth-order valence-electron chi connectivity index (χ4n) is 4.14. The fraction of sp³-hybridized carbons (Fsp3) is 0.944. The number of rotatable bonds is 5. The highest BCUT2D eigenvalue weighted by Gasteiger charge is 2.31. The molecule has 2 atom stereocenters. The summed E-state index contributed by atoms with van der Waals surface area (Å²) in [6, 6.07) is 1.53. The van der Waals surface area contributed by atoms with Crippen molar-refractivity contribution in [2.24, 2.45) is 5.92 Å². The summed E-state index contributed by atoms with van der Waals surface area (Å²) in [4.78, 5) is 17.2. The Bertz CT molecular complexity index is 365. The molecule has 4 heteroatoms. The van der Waals surface area contributed by atoms with Crippen molar-refractivity contribution in [3.8, 4) is 0 Å². The van der Waals surface area contributed by atoms with E-state index in [2.05, 4.69) is 29.0 Å². The molecule has 2 unspecified atom stereocenters. The van der Waals surface area contributed by atoms with Gasteiger partial charge in [-0.25, -0.2) is 0 Å². The van der Waals surface area contributed by atoms with Crippen LogP contribution in [0.4, 0.5) is 0 Å². The minimum absolute atomic E-state index is 0.351. The van der Waals surface area contributed by atoms with Crippen LogP contribution in [0.2, 0.25) is 0 Å². The largest absolute Gasteiger partial charge is 0.336 e. The van der Waals surface area contributed by atoms with Gasteiger partial charge < -0.3 is 10.2 Å². The van der Waals surface area contributed by atoms with Crippen LogP contribution in [0.3, 0.4) is 0 Å². The summed E-state index contributed by atoms with van der Waals surface area (Å²) in [5.41, 5.74) is 0. The van der Waals surface area contributed by atoms with Gasteiger partial charge in [-0.2, -0.15) is 0 Å². The van der Waals surface area contributed by atoms with E-state index in [1.807, 2.05) is 0 Å². The van der Waals surface area contributed by atoms with Crippen molar-refractivity contribution in [3.05, 3.63) is 0 Å². The number of carbonyl (C=O) groups excluding carboxylic acids is 1. The maximum atomic E-state index is 12.7. The van der Waals surface area contributed by atoms with Gasteiger partial charge in [-0.1, -0.05) is 0 Å². The number of carbonyl (C=O) groups is 1. The molecule has 1 N–H and O–H groups in total. The lowest BCUT2D eigenvalue weighted by atomic mass is 9.97. The van der Waals surface area contributed by atoms with Gasteiger partial charge in [-0.3, -0.25) is 9.69 Å². The lowest BCUT2D eigenvalue weighted by Crippen LogP contribution is -2.52. The van der Waals surface area contributed by atoms with Crippen LogP contribution in [0.5, 0.6) is 0 Å². The second-order valence-electron chi connectivity index (χ2n) is 7.83. The number of nitrogens with one attached hydrogen (secondary N) is 1. The van der Waals surface area contributed by atoms with Crippen LogP contribution >= 0.6 is 0 Å². The molecule has 4 nitrogen and oxygen atoms in total. The molecule has 0 spiro atoms. The van der Waals surface area contributed by atoms with Gasteiger partial charge in [0.05, 0.1) is 6.54 Å². The molecule has 1 amide bonds. The first-order valence-electron chi connectivity index (χ1n) is 9.40. The molecular formula is C18H33N3O. The highest BCUT2D eigenvalue weighted by molar-refractivity contribution is 5.79. The molecule has 1 saturated carbocycles. The summed E-state index contributed by atoms with van der Waals surface area (Å²) in [5.74, 6) is 1.31. The third-order valence-electron chi connectivity index (χ3n) is 5.82. The van der Waals surface area contributed by atoms with Crippen LogP contribution in [-0.4, -0.2) is 60.0 Å². The third-order valence-corrected chi connectivity index (χ3v) is 5.82. The van der Waals surface area contributed by atoms with Gasteiger partial charge in [0.25, 0.3) is 0 Å². The summed E-state index contributed by atoms with van der Waals surface area (Å²) in [6.45, 7) is 8.41. The molecule has 0 radical (unpaired) electrons. The van der Waals surface area contributed by atoms with Gasteiger partial charge in [-0.05, 0) is 71.3 Å². The molecule has 22 heavy (non-hydrogen) atoms. The summed E-state index contributed by atoms with van der Waals surface area (Å²) in [6.07, 6.45) is 8.85. The summed E-state index contributed by atoms with van der Waals surface area (Å²) >= 11 is 0. The van der Waals surface area contributed by atoms with Crippen molar-refractivity contribution < 1.29 is 4.79 Å². The number of nitrogens with zero attached hydrogens (tertiary/aromatic N) is 2. The van der Waals surface area contributed by atoms with Gasteiger partial charge in [-0.15, -0.1) is 0 Å². The van der Waals surface area contributed by atoms with Gasteiger partial charge >= 0.3 is 0 Å². The highest BCUT2D eigenvalue weighted by Crippen LogP contribution is 2.28. The zero-order valence-electron chi connectivity index (χ0n) is 14.4. The standard InChI is InChI=1S/C18H33N3O/c1-14-4-3-5-15(2)21(14)18(22)13-20-10-8-17(9-11-20)19-12-16-6-7-16/h14-17,19H,3-13H2,1-2H3. The predicted molar refractivity (Wildman–Crippen MR) is 89.8 cm³/mol. The summed E-state index contributed by atoms with van der Waals surface area (Å²) in [7, 11) is 0. The summed E-state index contributed by atoms with van der Waals surface area (Å²) in [5, 5.41) is 3.71. The van der Waals surface area contributed by atoms with Gasteiger partial charge in [0.15, 0.2) is 0 Å². The molecule has 3 rings (SSSR count). The Kier molecular flexibility index (Phi) is 5.40. The Balaban J connectivity index is 1.40. The van der Waals surface area contributed by atoms with E-state index in [1.165, 1.54) is 51.5 Å². The lowest BCUT2D eigenvalue weighted by Gasteiger charge is -2.41. The minimum atomic E-state index is 0.351. The quantitative estimate of drug-likeness (QED) is 0.846. The molecule has 2 aliphatic heterocycles. The number of piperidine rings is 2. The molecule has 2 heterocycles. The fourth-order valence-corrected chi connectivity index (χ4v) is 4.14. The normalized spacial score (nSPS) is 31.5.